The van der Waals surface area contributed by atoms with E-state index in [9.17, 15) is 24.6 Å². The van der Waals surface area contributed by atoms with Gasteiger partial charge in [-0.25, -0.2) is 0 Å². The largest absolute Gasteiger partial charge is 0.456 e. The third-order valence-electron chi connectivity index (χ3n) is 14.3. The molecule has 3 unspecified atom stereocenters. The van der Waals surface area contributed by atoms with Crippen molar-refractivity contribution in [2.24, 2.45) is 50.7 Å². The highest BCUT2D eigenvalue weighted by molar-refractivity contribution is 5.66. The Balaban J connectivity index is 1.27. The molecule has 2 radical (unpaired) electrons. The molecule has 9 nitrogen and oxygen atoms in total. The van der Waals surface area contributed by atoms with E-state index in [-0.39, 0.29) is 46.2 Å². The van der Waals surface area contributed by atoms with Gasteiger partial charge in [0.05, 0.1) is 17.8 Å². The average Bonchev–Trinajstić information content (AvgIpc) is 3.59. The number of aldehydes is 2. The molecule has 1 saturated heterocycles. The van der Waals surface area contributed by atoms with Gasteiger partial charge in [-0.1, -0.05) is 34.6 Å². The highest BCUT2D eigenvalue weighted by Crippen LogP contribution is 2.89. The van der Waals surface area contributed by atoms with Gasteiger partial charge in [0.2, 0.25) is 6.29 Å². The van der Waals surface area contributed by atoms with Crippen molar-refractivity contribution in [3.8, 4) is 0 Å². The van der Waals surface area contributed by atoms with Gasteiger partial charge in [-0.2, -0.15) is 0 Å². The van der Waals surface area contributed by atoms with Gasteiger partial charge < -0.3 is 34.0 Å². The number of ether oxygens (including phenoxy) is 4. The quantitative estimate of drug-likeness (QED) is 0.206. The molecule has 0 amide bonds. The highest BCUT2D eigenvalue weighted by Gasteiger charge is 2.85. The Hall–Kier alpha value is -1.39. The summed E-state index contributed by atoms with van der Waals surface area (Å²) in [6.45, 7) is 15.9. The van der Waals surface area contributed by atoms with E-state index in [1.807, 2.05) is 0 Å². The fourth-order valence-corrected chi connectivity index (χ4v) is 12.5. The van der Waals surface area contributed by atoms with Crippen LogP contribution in [0.2, 0.25) is 0 Å². The zero-order valence-electron chi connectivity index (χ0n) is 28.4. The summed E-state index contributed by atoms with van der Waals surface area (Å²) in [5, 5.41) is 23.4. The zero-order valence-corrected chi connectivity index (χ0v) is 28.4. The van der Waals surface area contributed by atoms with E-state index in [1.54, 1.807) is 13.8 Å². The number of rotatable bonds is 9. The molecule has 5 saturated carbocycles. The molecule has 0 aromatic rings. The number of carbonyl (C=O) groups excluding carboxylic acids is 3. The Bertz CT molecular complexity index is 1200. The van der Waals surface area contributed by atoms with Gasteiger partial charge in [0.15, 0.2) is 12.4 Å². The molecule has 1 heterocycles. The molecule has 6 aliphatic rings. The highest BCUT2D eigenvalue weighted by atomic mass is 16.7. The predicted molar refractivity (Wildman–Crippen MR) is 164 cm³/mol. The summed E-state index contributed by atoms with van der Waals surface area (Å²) in [4.78, 5) is 34.5. The van der Waals surface area contributed by atoms with Gasteiger partial charge in [-0.15, -0.1) is 0 Å². The Morgan fingerprint density at radius 1 is 1.07 bits per heavy atom. The van der Waals surface area contributed by atoms with Crippen molar-refractivity contribution >= 4 is 18.5 Å². The topological polar surface area (TPSA) is 129 Å². The lowest BCUT2D eigenvalue weighted by atomic mass is 9.41. The fourth-order valence-electron chi connectivity index (χ4n) is 12.5. The number of aliphatic hydroxyl groups is 2. The minimum Gasteiger partial charge on any atom is -0.456 e. The molecule has 9 heteroatoms. The SMILES string of the molecule is CC(=O)O[C@@H]([C]1C[C@@H](C)C2[C](O1)[C@H](O)[C@@]1(C)[C@@H]3CC[C@H]4C(C)(C)C(O[C@@H](C=O)OCC=O)CC[C@@]45CC35CC[C@]21C)C(C)(C)O. The Morgan fingerprint density at radius 2 is 1.73 bits per heavy atom. The molecule has 2 N–H and O–H groups in total. The number of hydrogen-bond donors (Lipinski definition) is 2. The van der Waals surface area contributed by atoms with Crippen molar-refractivity contribution in [1.82, 2.24) is 0 Å². The second-order valence-electron chi connectivity index (χ2n) is 17.0. The van der Waals surface area contributed by atoms with E-state index in [0.717, 1.165) is 44.9 Å². The van der Waals surface area contributed by atoms with Gasteiger partial charge in [-0.3, -0.25) is 9.59 Å². The normalized spacial score (nSPS) is 46.8. The van der Waals surface area contributed by atoms with Crippen LogP contribution in [0.4, 0.5) is 0 Å². The van der Waals surface area contributed by atoms with Crippen LogP contribution in [0, 0.1) is 63.0 Å². The third-order valence-corrected chi connectivity index (χ3v) is 14.3. The van der Waals surface area contributed by atoms with Gasteiger partial charge >= 0.3 is 5.97 Å². The van der Waals surface area contributed by atoms with Crippen LogP contribution in [0.25, 0.3) is 0 Å². The summed E-state index contributed by atoms with van der Waals surface area (Å²) < 4.78 is 23.8. The van der Waals surface area contributed by atoms with Crippen molar-refractivity contribution < 1.29 is 43.5 Å². The summed E-state index contributed by atoms with van der Waals surface area (Å²) in [5.41, 5.74) is -1.74. The van der Waals surface area contributed by atoms with Gasteiger partial charge in [0.1, 0.15) is 25.1 Å². The van der Waals surface area contributed by atoms with Crippen LogP contribution in [-0.4, -0.2) is 65.6 Å². The molecule has 12 atom stereocenters. The molecule has 1 aliphatic heterocycles. The molecule has 0 aromatic heterocycles. The number of fused-ring (bicyclic) bond motifs is 4. The predicted octanol–water partition coefficient (Wildman–Crippen LogP) is 4.95. The Morgan fingerprint density at radius 3 is 2.36 bits per heavy atom. The lowest BCUT2D eigenvalue weighted by molar-refractivity contribution is -0.223. The molecule has 6 rings (SSSR count). The summed E-state index contributed by atoms with van der Waals surface area (Å²) >= 11 is 0. The van der Waals surface area contributed by atoms with E-state index in [1.165, 1.54) is 6.92 Å². The Labute approximate surface area is 268 Å². The maximum absolute atomic E-state index is 12.4. The fraction of sp³-hybridized carbons (Fsp3) is 0.861. The maximum Gasteiger partial charge on any atom is 0.303 e. The van der Waals surface area contributed by atoms with Gasteiger partial charge in [-0.05, 0) is 105 Å². The van der Waals surface area contributed by atoms with Crippen LogP contribution >= 0.6 is 0 Å². The van der Waals surface area contributed by atoms with Crippen molar-refractivity contribution in [2.45, 2.75) is 137 Å². The summed E-state index contributed by atoms with van der Waals surface area (Å²) in [6.07, 6.45) is 7.35. The van der Waals surface area contributed by atoms with E-state index >= 15 is 0 Å². The molecule has 252 valence electrons. The Kier molecular flexibility index (Phi) is 8.05. The van der Waals surface area contributed by atoms with Crippen LogP contribution in [0.15, 0.2) is 0 Å². The van der Waals surface area contributed by atoms with E-state index < -0.39 is 35.5 Å². The number of hydrogen-bond acceptors (Lipinski definition) is 9. The van der Waals surface area contributed by atoms with Crippen LogP contribution in [0.1, 0.15) is 107 Å². The third kappa shape index (κ3) is 4.53. The van der Waals surface area contributed by atoms with E-state index in [2.05, 4.69) is 34.6 Å². The van der Waals surface area contributed by atoms with Crippen LogP contribution in [-0.2, 0) is 33.3 Å². The number of esters is 1. The zero-order chi connectivity index (χ0) is 33.0. The second kappa shape index (κ2) is 10.8. The second-order valence-corrected chi connectivity index (χ2v) is 17.0. The smallest absolute Gasteiger partial charge is 0.303 e. The van der Waals surface area contributed by atoms with Crippen molar-refractivity contribution in [3.63, 3.8) is 0 Å². The summed E-state index contributed by atoms with van der Waals surface area (Å²) in [5.74, 6) is 0.499. The first-order chi connectivity index (χ1) is 20.9. The molecule has 45 heavy (non-hydrogen) atoms. The molecular formula is C36H54O9. The minimum atomic E-state index is -1.33. The minimum absolute atomic E-state index is 0.0676. The maximum atomic E-state index is 12.4. The summed E-state index contributed by atoms with van der Waals surface area (Å²) in [7, 11) is 0. The number of aliphatic hydroxyl groups excluding tert-OH is 1. The van der Waals surface area contributed by atoms with Crippen LogP contribution in [0.3, 0.4) is 0 Å². The molecular weight excluding hydrogens is 576 g/mol. The lowest BCUT2D eigenvalue weighted by Crippen LogP contribution is -2.60. The molecule has 6 fully saturated rings. The first-order valence-electron chi connectivity index (χ1n) is 17.1. The van der Waals surface area contributed by atoms with E-state index in [4.69, 9.17) is 18.9 Å². The van der Waals surface area contributed by atoms with Gasteiger partial charge in [0, 0.05) is 18.3 Å². The van der Waals surface area contributed by atoms with Crippen molar-refractivity contribution in [1.29, 1.82) is 0 Å². The summed E-state index contributed by atoms with van der Waals surface area (Å²) in [6, 6.07) is 0. The first-order valence-corrected chi connectivity index (χ1v) is 17.1. The van der Waals surface area contributed by atoms with Crippen molar-refractivity contribution in [3.05, 3.63) is 12.2 Å². The standard InChI is InChI=1S/C36H54O9/c1-20-17-22(30(32(5,6)41)43-21(2)39)44-28-27(20)33(7)13-14-36-19-35(36)12-11-25(45-26(18-38)42-16-15-37)31(3,4)23(35)9-10-24(36)34(33,8)29(28)40/h15,18,20,23-27,29-30,40-41H,9-14,16-17,19H2,1-8H3/t20-,23+,24+,25?,26+,27?,29+,30+,33-,34-,35-,36?/m1/s1. The van der Waals surface area contributed by atoms with Crippen LogP contribution < -0.4 is 0 Å². The molecule has 0 bridgehead atoms. The van der Waals surface area contributed by atoms with E-state index in [0.29, 0.717) is 43.0 Å². The van der Waals surface area contributed by atoms with Gasteiger partial charge in [0.25, 0.3) is 0 Å². The molecule has 5 aliphatic carbocycles. The first kappa shape index (κ1) is 33.5. The number of carbonyl (C=O) groups is 3. The monoisotopic (exact) mass is 630 g/mol. The van der Waals surface area contributed by atoms with Crippen molar-refractivity contribution in [2.75, 3.05) is 6.61 Å². The molecule has 2 spiro atoms. The average molecular weight is 631 g/mol. The lowest BCUT2D eigenvalue weighted by Gasteiger charge is -2.63. The molecule has 0 aromatic carbocycles. The van der Waals surface area contributed by atoms with Crippen LogP contribution in [0.5, 0.6) is 0 Å².